The van der Waals surface area contributed by atoms with Gasteiger partial charge in [0.2, 0.25) is 0 Å². The maximum atomic E-state index is 13.8. The molecule has 3 nitrogen and oxygen atoms in total. The predicted molar refractivity (Wildman–Crippen MR) is 77.7 cm³/mol. The molecule has 2 fully saturated rings. The summed E-state index contributed by atoms with van der Waals surface area (Å²) < 4.78 is 27.7. The molecule has 0 aromatic heterocycles. The van der Waals surface area contributed by atoms with Gasteiger partial charge in [0.1, 0.15) is 11.4 Å². The largest absolute Gasteiger partial charge is 0.398 e. The van der Waals surface area contributed by atoms with E-state index in [1.165, 1.54) is 6.38 Å². The van der Waals surface area contributed by atoms with E-state index >= 15 is 0 Å². The zero-order valence-electron chi connectivity index (χ0n) is 11.3. The monoisotopic (exact) mass is 301 g/mol. The van der Waals surface area contributed by atoms with E-state index < -0.39 is 11.5 Å². The number of para-hydroxylation sites is 1. The Labute approximate surface area is 122 Å². The van der Waals surface area contributed by atoms with Crippen molar-refractivity contribution in [3.63, 3.8) is 0 Å². The summed E-state index contributed by atoms with van der Waals surface area (Å²) >= 11 is 4.64. The van der Waals surface area contributed by atoms with Gasteiger partial charge in [-0.05, 0) is 25.0 Å². The number of rotatable bonds is 1. The number of hydrogen-bond acceptors (Lipinski definition) is 2. The molecule has 1 saturated carbocycles. The van der Waals surface area contributed by atoms with E-state index in [1.54, 1.807) is 29.2 Å². The molecule has 2 aliphatic rings. The number of nitrogens with two attached hydrogens (primary N) is 1. The van der Waals surface area contributed by atoms with Crippen LogP contribution < -0.4 is 5.73 Å². The highest BCUT2D eigenvalue weighted by Crippen LogP contribution is 2.58. The van der Waals surface area contributed by atoms with Gasteiger partial charge >= 0.3 is 0 Å². The first-order chi connectivity index (χ1) is 9.48. The number of alkyl halides is 3. The Morgan fingerprint density at radius 2 is 1.85 bits per heavy atom. The normalized spacial score (nSPS) is 21.3. The first kappa shape index (κ1) is 15.0. The van der Waals surface area contributed by atoms with Gasteiger partial charge < -0.3 is 10.6 Å². The molecule has 6 heteroatoms. The summed E-state index contributed by atoms with van der Waals surface area (Å²) in [7, 11) is 0. The van der Waals surface area contributed by atoms with Crippen molar-refractivity contribution in [3.8, 4) is 0 Å². The van der Waals surface area contributed by atoms with Crippen molar-refractivity contribution in [3.05, 3.63) is 29.8 Å². The lowest BCUT2D eigenvalue weighted by Crippen LogP contribution is -2.45. The van der Waals surface area contributed by atoms with E-state index in [-0.39, 0.29) is 18.8 Å². The molecule has 0 amide bonds. The molecule has 0 radical (unpaired) electrons. The minimum Gasteiger partial charge on any atom is -0.398 e. The van der Waals surface area contributed by atoms with Crippen molar-refractivity contribution in [1.29, 1.82) is 5.41 Å². The summed E-state index contributed by atoms with van der Waals surface area (Å²) in [6.07, 6.45) is 2.24. The second-order valence-electron chi connectivity index (χ2n) is 5.07. The summed E-state index contributed by atoms with van der Waals surface area (Å²) in [5.41, 5.74) is 5.72. The highest BCUT2D eigenvalue weighted by Gasteiger charge is 2.69. The predicted octanol–water partition coefficient (Wildman–Crippen LogP) is 3.32. The van der Waals surface area contributed by atoms with Gasteiger partial charge in [-0.1, -0.05) is 12.1 Å². The molecule has 110 valence electrons. The molecule has 1 aromatic carbocycles. The van der Waals surface area contributed by atoms with Crippen LogP contribution in [-0.2, 0) is 0 Å². The first-order valence-corrected chi connectivity index (χ1v) is 7.20. The Hall–Kier alpha value is -1.36. The van der Waals surface area contributed by atoms with Crippen molar-refractivity contribution in [1.82, 2.24) is 4.90 Å². The van der Waals surface area contributed by atoms with Gasteiger partial charge in [-0.3, -0.25) is 5.41 Å². The number of hydrogen-bond donors (Lipinski definition) is 2. The number of nitrogens with zero attached hydrogens (tertiary/aromatic N) is 1. The molecule has 0 bridgehead atoms. The van der Waals surface area contributed by atoms with E-state index in [0.717, 1.165) is 0 Å². The van der Waals surface area contributed by atoms with Gasteiger partial charge in [0.05, 0.1) is 0 Å². The standard InChI is InChI=1S/C13H15F2N3.CH3Cl/c14-13(15)7-8-18(12(13)5-6-12)11(17)9-3-1-2-4-10(9)16;1-2/h1-4,17H,5-8,16H2;1H3. The lowest BCUT2D eigenvalue weighted by molar-refractivity contribution is -0.0353. The molecular formula is C14H18ClF2N3. The molecular weight excluding hydrogens is 284 g/mol. The second-order valence-corrected chi connectivity index (χ2v) is 5.07. The van der Waals surface area contributed by atoms with Crippen LogP contribution in [-0.4, -0.2) is 35.1 Å². The van der Waals surface area contributed by atoms with Crippen LogP contribution in [0.3, 0.4) is 0 Å². The van der Waals surface area contributed by atoms with Gasteiger partial charge in [0.15, 0.2) is 0 Å². The van der Waals surface area contributed by atoms with Crippen molar-refractivity contribution in [2.75, 3.05) is 18.7 Å². The molecule has 3 N–H and O–H groups in total. The summed E-state index contributed by atoms with van der Waals surface area (Å²) in [6.45, 7) is 0.236. The zero-order valence-corrected chi connectivity index (χ0v) is 12.1. The Morgan fingerprint density at radius 3 is 2.40 bits per heavy atom. The van der Waals surface area contributed by atoms with Crippen LogP contribution in [0.2, 0.25) is 0 Å². The number of nitrogens with one attached hydrogen (secondary N) is 1. The molecule has 1 aromatic rings. The Bertz CT molecular complexity index is 515. The van der Waals surface area contributed by atoms with Gasteiger partial charge in [-0.15, -0.1) is 11.6 Å². The fraction of sp³-hybridized carbons (Fsp3) is 0.500. The summed E-state index contributed by atoms with van der Waals surface area (Å²) in [5.74, 6) is -2.55. The Morgan fingerprint density at radius 1 is 1.25 bits per heavy atom. The SMILES string of the molecule is CCl.N=C(c1ccccc1N)N1CCC(F)(F)C12CC2. The average Bonchev–Trinajstić information content (AvgIpc) is 3.18. The lowest BCUT2D eigenvalue weighted by Gasteiger charge is -2.30. The lowest BCUT2D eigenvalue weighted by atomic mass is 10.1. The second kappa shape index (κ2) is 5.20. The van der Waals surface area contributed by atoms with Crippen LogP contribution in [0.5, 0.6) is 0 Å². The van der Waals surface area contributed by atoms with Crippen LogP contribution in [0.15, 0.2) is 24.3 Å². The molecule has 0 unspecified atom stereocenters. The van der Waals surface area contributed by atoms with E-state index in [1.807, 2.05) is 0 Å². The molecule has 1 aliphatic heterocycles. The topological polar surface area (TPSA) is 53.1 Å². The third-order valence-corrected chi connectivity index (χ3v) is 4.06. The molecule has 3 rings (SSSR count). The van der Waals surface area contributed by atoms with Crippen molar-refractivity contribution < 1.29 is 8.78 Å². The number of benzene rings is 1. The van der Waals surface area contributed by atoms with Gasteiger partial charge in [-0.2, -0.15) is 0 Å². The minimum atomic E-state index is -2.68. The molecule has 1 spiro atoms. The fourth-order valence-electron chi connectivity index (χ4n) is 2.83. The minimum absolute atomic E-state index is 0.128. The molecule has 20 heavy (non-hydrogen) atoms. The number of nitrogen functional groups attached to an aromatic ring is 1. The zero-order chi connectivity index (χ0) is 15.0. The molecule has 1 aliphatic carbocycles. The van der Waals surface area contributed by atoms with Crippen LogP contribution in [0.1, 0.15) is 24.8 Å². The van der Waals surface area contributed by atoms with Crippen LogP contribution >= 0.6 is 11.6 Å². The molecule has 1 saturated heterocycles. The number of anilines is 1. The van der Waals surface area contributed by atoms with E-state index in [4.69, 9.17) is 11.1 Å². The van der Waals surface area contributed by atoms with Crippen molar-refractivity contribution >= 4 is 23.1 Å². The fourth-order valence-corrected chi connectivity index (χ4v) is 2.83. The smallest absolute Gasteiger partial charge is 0.272 e. The maximum absolute atomic E-state index is 13.8. The maximum Gasteiger partial charge on any atom is 0.272 e. The number of halogens is 3. The third kappa shape index (κ3) is 2.14. The highest BCUT2D eigenvalue weighted by atomic mass is 35.5. The van der Waals surface area contributed by atoms with E-state index in [0.29, 0.717) is 24.1 Å². The Kier molecular flexibility index (Phi) is 3.91. The molecule has 0 atom stereocenters. The van der Waals surface area contributed by atoms with Crippen LogP contribution in [0, 0.1) is 5.41 Å². The van der Waals surface area contributed by atoms with Crippen molar-refractivity contribution in [2.24, 2.45) is 0 Å². The van der Waals surface area contributed by atoms with Gasteiger partial charge in [-0.25, -0.2) is 8.78 Å². The average molecular weight is 302 g/mol. The third-order valence-electron chi connectivity index (χ3n) is 4.06. The van der Waals surface area contributed by atoms with Crippen LogP contribution in [0.25, 0.3) is 0 Å². The van der Waals surface area contributed by atoms with Crippen LogP contribution in [0.4, 0.5) is 14.5 Å². The summed E-state index contributed by atoms with van der Waals surface area (Å²) in [6, 6.07) is 6.95. The van der Waals surface area contributed by atoms with Gasteiger partial charge in [0.25, 0.3) is 5.92 Å². The Balaban J connectivity index is 0.000000704. The first-order valence-electron chi connectivity index (χ1n) is 6.45. The van der Waals surface area contributed by atoms with Gasteiger partial charge in [0, 0.05) is 30.6 Å². The quantitative estimate of drug-likeness (QED) is 0.362. The van der Waals surface area contributed by atoms with E-state index in [2.05, 4.69) is 11.6 Å². The van der Waals surface area contributed by atoms with Crippen molar-refractivity contribution in [2.45, 2.75) is 30.7 Å². The number of amidine groups is 1. The van der Waals surface area contributed by atoms with E-state index in [9.17, 15) is 8.78 Å². The summed E-state index contributed by atoms with van der Waals surface area (Å²) in [4.78, 5) is 1.54. The molecule has 1 heterocycles. The summed E-state index contributed by atoms with van der Waals surface area (Å²) in [5, 5.41) is 8.15. The number of likely N-dealkylation sites (tertiary alicyclic amines) is 1. The highest BCUT2D eigenvalue weighted by molar-refractivity contribution is 6.15.